The molecule has 2 heterocycles. The first-order valence-corrected chi connectivity index (χ1v) is 9.05. The van der Waals surface area contributed by atoms with Gasteiger partial charge in [-0.15, -0.1) is 0 Å². The van der Waals surface area contributed by atoms with Crippen molar-refractivity contribution >= 4 is 5.91 Å². The van der Waals surface area contributed by atoms with Gasteiger partial charge in [0.15, 0.2) is 0 Å². The standard InChI is InChI=1S/C19H27N3O/c23-18(19(7-8-19)14-16-4-2-1-3-5-16)22-11-6-17(15-22)21-12-9-20-10-13-21/h1-5,17,20H,6-15H2. The van der Waals surface area contributed by atoms with Crippen LogP contribution in [-0.4, -0.2) is 61.0 Å². The van der Waals surface area contributed by atoms with Gasteiger partial charge in [-0.25, -0.2) is 0 Å². The van der Waals surface area contributed by atoms with Gasteiger partial charge in [0.05, 0.1) is 5.41 Å². The Balaban J connectivity index is 1.37. The van der Waals surface area contributed by atoms with E-state index in [9.17, 15) is 4.79 Å². The summed E-state index contributed by atoms with van der Waals surface area (Å²) in [5.41, 5.74) is 1.22. The smallest absolute Gasteiger partial charge is 0.229 e. The summed E-state index contributed by atoms with van der Waals surface area (Å²) in [5.74, 6) is 0.416. The maximum Gasteiger partial charge on any atom is 0.229 e. The summed E-state index contributed by atoms with van der Waals surface area (Å²) in [7, 11) is 0. The van der Waals surface area contributed by atoms with Crippen molar-refractivity contribution in [2.24, 2.45) is 5.41 Å². The van der Waals surface area contributed by atoms with E-state index in [1.165, 1.54) is 5.56 Å². The minimum atomic E-state index is -0.0836. The Hall–Kier alpha value is -1.39. The molecule has 2 aliphatic heterocycles. The van der Waals surface area contributed by atoms with E-state index in [1.807, 2.05) is 6.07 Å². The van der Waals surface area contributed by atoms with Gasteiger partial charge in [0.2, 0.25) is 5.91 Å². The highest BCUT2D eigenvalue weighted by atomic mass is 16.2. The lowest BCUT2D eigenvalue weighted by atomic mass is 9.95. The maximum atomic E-state index is 13.1. The molecule has 1 amide bonds. The van der Waals surface area contributed by atoms with E-state index in [4.69, 9.17) is 0 Å². The van der Waals surface area contributed by atoms with Gasteiger partial charge in [0, 0.05) is 45.3 Å². The van der Waals surface area contributed by atoms with Crippen LogP contribution in [0.2, 0.25) is 0 Å². The number of hydrogen-bond acceptors (Lipinski definition) is 3. The first kappa shape index (κ1) is 15.2. The van der Waals surface area contributed by atoms with E-state index in [0.29, 0.717) is 11.9 Å². The molecular weight excluding hydrogens is 286 g/mol. The van der Waals surface area contributed by atoms with Crippen molar-refractivity contribution in [3.63, 3.8) is 0 Å². The van der Waals surface area contributed by atoms with E-state index < -0.39 is 0 Å². The SMILES string of the molecule is O=C(N1CCC(N2CCNCC2)C1)C1(Cc2ccccc2)CC1. The van der Waals surface area contributed by atoms with Crippen LogP contribution >= 0.6 is 0 Å². The first-order chi connectivity index (χ1) is 11.3. The van der Waals surface area contributed by atoms with E-state index in [2.05, 4.69) is 39.4 Å². The summed E-state index contributed by atoms with van der Waals surface area (Å²) in [4.78, 5) is 17.8. The largest absolute Gasteiger partial charge is 0.341 e. The monoisotopic (exact) mass is 313 g/mol. The van der Waals surface area contributed by atoms with Crippen molar-refractivity contribution in [2.75, 3.05) is 39.3 Å². The molecule has 1 atom stereocenters. The van der Waals surface area contributed by atoms with Crippen LogP contribution in [-0.2, 0) is 11.2 Å². The molecule has 1 unspecified atom stereocenters. The predicted octanol–water partition coefficient (Wildman–Crippen LogP) is 1.52. The number of nitrogens with zero attached hydrogens (tertiary/aromatic N) is 2. The van der Waals surface area contributed by atoms with Gasteiger partial charge in [-0.3, -0.25) is 9.69 Å². The zero-order valence-corrected chi connectivity index (χ0v) is 13.8. The Kier molecular flexibility index (Phi) is 4.12. The molecule has 0 spiro atoms. The lowest BCUT2D eigenvalue weighted by molar-refractivity contribution is -0.136. The van der Waals surface area contributed by atoms with Crippen molar-refractivity contribution in [1.82, 2.24) is 15.1 Å². The zero-order chi connectivity index (χ0) is 15.7. The van der Waals surface area contributed by atoms with E-state index in [1.54, 1.807) is 0 Å². The molecule has 1 aliphatic carbocycles. The number of hydrogen-bond donors (Lipinski definition) is 1. The lowest BCUT2D eigenvalue weighted by Gasteiger charge is -2.33. The van der Waals surface area contributed by atoms with Crippen LogP contribution in [0.3, 0.4) is 0 Å². The van der Waals surface area contributed by atoms with Gasteiger partial charge >= 0.3 is 0 Å². The predicted molar refractivity (Wildman–Crippen MR) is 91.2 cm³/mol. The molecule has 1 aromatic carbocycles. The molecular formula is C19H27N3O. The van der Waals surface area contributed by atoms with Crippen LogP contribution in [0.4, 0.5) is 0 Å². The highest BCUT2D eigenvalue weighted by Gasteiger charge is 2.52. The van der Waals surface area contributed by atoms with Crippen molar-refractivity contribution in [1.29, 1.82) is 0 Å². The Morgan fingerprint density at radius 1 is 1.13 bits per heavy atom. The molecule has 4 heteroatoms. The molecule has 2 saturated heterocycles. The van der Waals surface area contributed by atoms with E-state index in [-0.39, 0.29) is 5.41 Å². The molecule has 3 aliphatic rings. The summed E-state index contributed by atoms with van der Waals surface area (Å²) in [6, 6.07) is 11.1. The summed E-state index contributed by atoms with van der Waals surface area (Å²) in [6.07, 6.45) is 4.19. The van der Waals surface area contributed by atoms with Gasteiger partial charge in [0.1, 0.15) is 0 Å². The van der Waals surface area contributed by atoms with E-state index >= 15 is 0 Å². The summed E-state index contributed by atoms with van der Waals surface area (Å²) >= 11 is 0. The molecule has 4 nitrogen and oxygen atoms in total. The summed E-state index contributed by atoms with van der Waals surface area (Å²) in [5, 5.41) is 3.41. The molecule has 0 radical (unpaired) electrons. The second-order valence-electron chi connectivity index (χ2n) is 7.42. The van der Waals surface area contributed by atoms with Crippen LogP contribution in [0.1, 0.15) is 24.8 Å². The topological polar surface area (TPSA) is 35.6 Å². The quantitative estimate of drug-likeness (QED) is 0.915. The zero-order valence-electron chi connectivity index (χ0n) is 13.8. The number of benzene rings is 1. The molecule has 1 saturated carbocycles. The molecule has 124 valence electrons. The van der Waals surface area contributed by atoms with Gasteiger partial charge in [0.25, 0.3) is 0 Å². The maximum absolute atomic E-state index is 13.1. The number of amides is 1. The summed E-state index contributed by atoms with van der Waals surface area (Å²) < 4.78 is 0. The fourth-order valence-electron chi connectivity index (χ4n) is 4.21. The Morgan fingerprint density at radius 3 is 2.57 bits per heavy atom. The molecule has 0 aromatic heterocycles. The van der Waals surface area contributed by atoms with Crippen LogP contribution < -0.4 is 5.32 Å². The molecule has 4 rings (SSSR count). The fraction of sp³-hybridized carbons (Fsp3) is 0.632. The molecule has 1 aromatic rings. The number of likely N-dealkylation sites (tertiary alicyclic amines) is 1. The minimum Gasteiger partial charge on any atom is -0.341 e. The highest BCUT2D eigenvalue weighted by molar-refractivity contribution is 5.86. The van der Waals surface area contributed by atoms with Gasteiger partial charge in [-0.1, -0.05) is 30.3 Å². The highest BCUT2D eigenvalue weighted by Crippen LogP contribution is 2.50. The number of piperazine rings is 1. The number of rotatable bonds is 4. The van der Waals surface area contributed by atoms with Crippen molar-refractivity contribution < 1.29 is 4.79 Å². The van der Waals surface area contributed by atoms with Crippen LogP contribution in [0, 0.1) is 5.41 Å². The number of nitrogens with one attached hydrogen (secondary N) is 1. The van der Waals surface area contributed by atoms with Crippen molar-refractivity contribution in [3.8, 4) is 0 Å². The summed E-state index contributed by atoms with van der Waals surface area (Å²) in [6.45, 7) is 6.31. The molecule has 3 fully saturated rings. The first-order valence-electron chi connectivity index (χ1n) is 9.05. The van der Waals surface area contributed by atoms with Crippen LogP contribution in [0.25, 0.3) is 0 Å². The molecule has 23 heavy (non-hydrogen) atoms. The van der Waals surface area contributed by atoms with Crippen molar-refractivity contribution in [2.45, 2.75) is 31.7 Å². The van der Waals surface area contributed by atoms with Crippen LogP contribution in [0.5, 0.6) is 0 Å². The molecule has 0 bridgehead atoms. The van der Waals surface area contributed by atoms with Crippen LogP contribution in [0.15, 0.2) is 30.3 Å². The van der Waals surface area contributed by atoms with E-state index in [0.717, 1.165) is 65.0 Å². The Labute approximate surface area is 138 Å². The molecule has 1 N–H and O–H groups in total. The average molecular weight is 313 g/mol. The second-order valence-corrected chi connectivity index (χ2v) is 7.42. The normalized spacial score (nSPS) is 27.1. The third-order valence-electron chi connectivity index (χ3n) is 5.81. The van der Waals surface area contributed by atoms with Gasteiger partial charge in [-0.05, 0) is 31.2 Å². The third kappa shape index (κ3) is 3.15. The average Bonchev–Trinajstić information content (AvgIpc) is 3.22. The minimum absolute atomic E-state index is 0.0836. The Bertz CT molecular complexity index is 549. The number of carbonyl (C=O) groups excluding carboxylic acids is 1. The lowest BCUT2D eigenvalue weighted by Crippen LogP contribution is -2.49. The van der Waals surface area contributed by atoms with Gasteiger partial charge < -0.3 is 10.2 Å². The van der Waals surface area contributed by atoms with Crippen molar-refractivity contribution in [3.05, 3.63) is 35.9 Å². The second kappa shape index (κ2) is 6.25. The Morgan fingerprint density at radius 2 is 1.87 bits per heavy atom. The third-order valence-corrected chi connectivity index (χ3v) is 5.81. The fourth-order valence-corrected chi connectivity index (χ4v) is 4.21. The number of carbonyl (C=O) groups is 1. The van der Waals surface area contributed by atoms with Gasteiger partial charge in [-0.2, -0.15) is 0 Å².